The molecule has 0 atom stereocenters. The average Bonchev–Trinajstić information content (AvgIpc) is 3.45. The second-order valence-corrected chi connectivity index (χ2v) is 16.4. The molecule has 1 aliphatic rings. The van der Waals surface area contributed by atoms with Crippen molar-refractivity contribution in [2.24, 2.45) is 0 Å². The summed E-state index contributed by atoms with van der Waals surface area (Å²) in [5, 5.41) is 0.627. The minimum absolute atomic E-state index is 0.0904. The van der Waals surface area contributed by atoms with Crippen LogP contribution in [0.15, 0.2) is 66.7 Å². The maximum absolute atomic E-state index is 14.2. The first-order valence-electron chi connectivity index (χ1n) is 16.6. The average molecular weight is 714 g/mol. The number of carbonyl (C=O) groups is 1. The first-order chi connectivity index (χ1) is 23.1. The van der Waals surface area contributed by atoms with Crippen LogP contribution in [-0.2, 0) is 20.2 Å². The third-order valence-corrected chi connectivity index (χ3v) is 11.8. The minimum Gasteiger partial charge on any atom is -0.492 e. The van der Waals surface area contributed by atoms with Gasteiger partial charge in [0.15, 0.2) is 5.78 Å². The van der Waals surface area contributed by atoms with Crippen LogP contribution in [0.4, 0.5) is 0 Å². The van der Waals surface area contributed by atoms with E-state index in [1.165, 1.54) is 30.6 Å². The number of thiophene rings is 1. The van der Waals surface area contributed by atoms with E-state index in [2.05, 4.69) is 4.90 Å². The number of ketones is 1. The first kappa shape index (κ1) is 35.8. The van der Waals surface area contributed by atoms with Crippen molar-refractivity contribution in [2.45, 2.75) is 58.8 Å². The van der Waals surface area contributed by atoms with Crippen LogP contribution in [0.2, 0.25) is 0 Å². The van der Waals surface area contributed by atoms with Crippen molar-refractivity contribution in [3.8, 4) is 27.7 Å². The van der Waals surface area contributed by atoms with Crippen LogP contribution in [-0.4, -0.2) is 65.3 Å². The lowest BCUT2D eigenvalue weighted by Gasteiger charge is -2.26. The second-order valence-electron chi connectivity index (χ2n) is 12.0. The van der Waals surface area contributed by atoms with E-state index in [-0.39, 0.29) is 28.8 Å². The lowest BCUT2D eigenvalue weighted by molar-refractivity contribution is 0.104. The number of carbonyl (C=O) groups excluding carboxylic acids is 1. The van der Waals surface area contributed by atoms with Crippen LogP contribution in [0.3, 0.4) is 0 Å². The third kappa shape index (κ3) is 9.58. The van der Waals surface area contributed by atoms with E-state index in [0.29, 0.717) is 63.3 Å². The van der Waals surface area contributed by atoms with Gasteiger partial charge in [-0.25, -0.2) is 0 Å². The molecule has 3 aromatic carbocycles. The largest absolute Gasteiger partial charge is 0.492 e. The standard InChI is InChI=1S/C36H43NO8S3/c1-3-5-23-47(39,40)44-30-12-10-11-28(25-30)36-34(32-18-17-31(26-33(32)46-36)45-48(41,42)24-6-4-2)35(38)27-13-15-29(16-14-27)43-22-21-37-19-8-7-9-20-37/h10-18,25-26H,3-9,19-24H2,1-2H3. The monoisotopic (exact) mass is 713 g/mol. The molecule has 48 heavy (non-hydrogen) atoms. The Morgan fingerprint density at radius 2 is 1.40 bits per heavy atom. The molecule has 0 unspecified atom stereocenters. The number of hydrogen-bond acceptors (Lipinski definition) is 10. The molecule has 0 N–H and O–H groups in total. The molecule has 1 aliphatic heterocycles. The molecule has 2 heterocycles. The van der Waals surface area contributed by atoms with Gasteiger partial charge >= 0.3 is 20.2 Å². The maximum Gasteiger partial charge on any atom is 0.309 e. The van der Waals surface area contributed by atoms with Gasteiger partial charge < -0.3 is 13.1 Å². The highest BCUT2D eigenvalue weighted by atomic mass is 32.2. The summed E-state index contributed by atoms with van der Waals surface area (Å²) in [6.07, 6.45) is 6.13. The quantitative estimate of drug-likeness (QED) is 0.0803. The Labute approximate surface area is 288 Å². The summed E-state index contributed by atoms with van der Waals surface area (Å²) in [6, 6.07) is 18.6. The SMILES string of the molecule is CCCCS(=O)(=O)Oc1cccc(-c2sc3cc(OS(=O)(=O)CCCC)ccc3c2C(=O)c2ccc(OCCN3CCCCC3)cc2)c1. The Hall–Kier alpha value is -3.45. The van der Waals surface area contributed by atoms with Gasteiger partial charge in [-0.1, -0.05) is 45.2 Å². The number of nitrogens with zero attached hydrogens (tertiary/aromatic N) is 1. The summed E-state index contributed by atoms with van der Waals surface area (Å²) in [5.74, 6) is 0.573. The summed E-state index contributed by atoms with van der Waals surface area (Å²) in [6.45, 7) is 7.44. The molecule has 0 spiro atoms. The van der Waals surface area contributed by atoms with Gasteiger partial charge in [0.25, 0.3) is 0 Å². The molecule has 258 valence electrons. The molecule has 0 amide bonds. The van der Waals surface area contributed by atoms with E-state index in [1.807, 2.05) is 13.8 Å². The fourth-order valence-electron chi connectivity index (χ4n) is 5.59. The lowest BCUT2D eigenvalue weighted by atomic mass is 9.97. The van der Waals surface area contributed by atoms with Crippen LogP contribution in [0.1, 0.15) is 74.7 Å². The zero-order chi connectivity index (χ0) is 34.1. The van der Waals surface area contributed by atoms with Crippen LogP contribution in [0, 0.1) is 0 Å². The molecule has 9 nitrogen and oxygen atoms in total. The van der Waals surface area contributed by atoms with Gasteiger partial charge in [0.05, 0.1) is 11.5 Å². The molecule has 1 saturated heterocycles. The van der Waals surface area contributed by atoms with Crippen molar-refractivity contribution in [2.75, 3.05) is 37.7 Å². The zero-order valence-corrected chi connectivity index (χ0v) is 29.9. The van der Waals surface area contributed by atoms with Crippen molar-refractivity contribution in [3.05, 3.63) is 77.9 Å². The summed E-state index contributed by atoms with van der Waals surface area (Å²) in [4.78, 5) is 17.2. The molecule has 0 bridgehead atoms. The number of benzene rings is 3. The molecule has 4 aromatic rings. The Morgan fingerprint density at radius 1 is 0.771 bits per heavy atom. The predicted octanol–water partition coefficient (Wildman–Crippen LogP) is 7.68. The van der Waals surface area contributed by atoms with Crippen molar-refractivity contribution < 1.29 is 34.7 Å². The third-order valence-electron chi connectivity index (χ3n) is 8.17. The molecule has 1 aromatic heterocycles. The molecular formula is C36H43NO8S3. The highest BCUT2D eigenvalue weighted by Crippen LogP contribution is 2.42. The maximum atomic E-state index is 14.2. The Balaban J connectivity index is 1.46. The van der Waals surface area contributed by atoms with Gasteiger partial charge in [-0.15, -0.1) is 11.3 Å². The summed E-state index contributed by atoms with van der Waals surface area (Å²) in [7, 11) is -7.57. The number of unbranched alkanes of at least 4 members (excludes halogenated alkanes) is 2. The van der Waals surface area contributed by atoms with Crippen LogP contribution in [0.25, 0.3) is 20.5 Å². The van der Waals surface area contributed by atoms with Gasteiger partial charge in [0, 0.05) is 32.6 Å². The number of fused-ring (bicyclic) bond motifs is 1. The fourth-order valence-corrected chi connectivity index (χ4v) is 9.06. The van der Waals surface area contributed by atoms with E-state index in [0.717, 1.165) is 26.1 Å². The van der Waals surface area contributed by atoms with Crippen molar-refractivity contribution in [3.63, 3.8) is 0 Å². The Morgan fingerprint density at radius 3 is 2.04 bits per heavy atom. The highest BCUT2D eigenvalue weighted by Gasteiger charge is 2.24. The predicted molar refractivity (Wildman–Crippen MR) is 192 cm³/mol. The van der Waals surface area contributed by atoms with Crippen molar-refractivity contribution in [1.29, 1.82) is 0 Å². The molecule has 5 rings (SSSR count). The van der Waals surface area contributed by atoms with Gasteiger partial charge in [-0.2, -0.15) is 16.8 Å². The summed E-state index contributed by atoms with van der Waals surface area (Å²) >= 11 is 1.30. The second kappa shape index (κ2) is 16.3. The number of ether oxygens (including phenoxy) is 1. The van der Waals surface area contributed by atoms with Gasteiger partial charge in [0.2, 0.25) is 0 Å². The smallest absolute Gasteiger partial charge is 0.309 e. The van der Waals surface area contributed by atoms with Gasteiger partial charge in [-0.3, -0.25) is 9.69 Å². The molecular weight excluding hydrogens is 671 g/mol. The topological polar surface area (TPSA) is 116 Å². The van der Waals surface area contributed by atoms with E-state index in [1.54, 1.807) is 66.7 Å². The zero-order valence-electron chi connectivity index (χ0n) is 27.5. The summed E-state index contributed by atoms with van der Waals surface area (Å²) in [5.41, 5.74) is 1.47. The Kier molecular flexibility index (Phi) is 12.2. The fraction of sp³-hybridized carbons (Fsp3) is 0.417. The number of hydrogen-bond donors (Lipinski definition) is 0. The molecule has 12 heteroatoms. The highest BCUT2D eigenvalue weighted by molar-refractivity contribution is 7.87. The number of likely N-dealkylation sites (tertiary alicyclic amines) is 1. The van der Waals surface area contributed by atoms with Crippen LogP contribution < -0.4 is 13.1 Å². The molecule has 1 fully saturated rings. The molecule has 0 radical (unpaired) electrons. The minimum atomic E-state index is -3.79. The van der Waals surface area contributed by atoms with E-state index in [4.69, 9.17) is 13.1 Å². The van der Waals surface area contributed by atoms with Crippen molar-refractivity contribution >= 4 is 47.4 Å². The molecule has 0 saturated carbocycles. The normalized spacial score (nSPS) is 14.2. The van der Waals surface area contributed by atoms with Gasteiger partial charge in [0.1, 0.15) is 23.9 Å². The van der Waals surface area contributed by atoms with E-state index in [9.17, 15) is 21.6 Å². The number of piperidine rings is 1. The Bertz CT molecular complexity index is 1910. The van der Waals surface area contributed by atoms with Crippen LogP contribution in [0.5, 0.6) is 17.2 Å². The van der Waals surface area contributed by atoms with E-state index < -0.39 is 20.2 Å². The summed E-state index contributed by atoms with van der Waals surface area (Å²) < 4.78 is 67.6. The number of rotatable bonds is 17. The first-order valence-corrected chi connectivity index (χ1v) is 20.6. The van der Waals surface area contributed by atoms with Crippen LogP contribution >= 0.6 is 11.3 Å². The van der Waals surface area contributed by atoms with E-state index >= 15 is 0 Å². The van der Waals surface area contributed by atoms with Crippen molar-refractivity contribution in [1.82, 2.24) is 4.90 Å². The molecule has 0 aliphatic carbocycles. The van der Waals surface area contributed by atoms with Gasteiger partial charge in [-0.05, 0) is 98.9 Å². The lowest BCUT2D eigenvalue weighted by Crippen LogP contribution is -2.33.